The van der Waals surface area contributed by atoms with Crippen LogP contribution in [0.4, 0.5) is 5.69 Å². The van der Waals surface area contributed by atoms with Crippen molar-refractivity contribution in [1.29, 1.82) is 0 Å². The molecule has 2 N–H and O–H groups in total. The molecule has 2 aromatic rings. The number of hydrogen-bond acceptors (Lipinski definition) is 5. The Labute approximate surface area is 189 Å². The molecule has 1 fully saturated rings. The highest BCUT2D eigenvalue weighted by Crippen LogP contribution is 2.22. The van der Waals surface area contributed by atoms with Gasteiger partial charge in [0.25, 0.3) is 15.9 Å². The fourth-order valence-corrected chi connectivity index (χ4v) is 4.67. The van der Waals surface area contributed by atoms with Gasteiger partial charge in [0.15, 0.2) is 0 Å². The lowest BCUT2D eigenvalue weighted by Crippen LogP contribution is -2.46. The highest BCUT2D eigenvalue weighted by atomic mass is 32.2. The molecule has 1 heterocycles. The van der Waals surface area contributed by atoms with Crippen LogP contribution < -0.4 is 10.0 Å². The lowest BCUT2D eigenvalue weighted by Gasteiger charge is -2.24. The Balaban J connectivity index is 1.64. The summed E-state index contributed by atoms with van der Waals surface area (Å²) in [5, 5.41) is 2.86. The van der Waals surface area contributed by atoms with Gasteiger partial charge in [-0.05, 0) is 62.6 Å². The molecule has 2 amide bonds. The van der Waals surface area contributed by atoms with E-state index in [-0.39, 0.29) is 16.7 Å². The first-order valence-corrected chi connectivity index (χ1v) is 12.1. The molecule has 8 nitrogen and oxygen atoms in total. The summed E-state index contributed by atoms with van der Waals surface area (Å²) in [4.78, 5) is 27.2. The van der Waals surface area contributed by atoms with Gasteiger partial charge in [0.05, 0.1) is 4.90 Å². The van der Waals surface area contributed by atoms with Crippen molar-refractivity contribution in [2.75, 3.05) is 31.5 Å². The third kappa shape index (κ3) is 5.86. The van der Waals surface area contributed by atoms with E-state index in [0.717, 1.165) is 12.0 Å². The van der Waals surface area contributed by atoms with Crippen LogP contribution in [0.25, 0.3) is 0 Å². The summed E-state index contributed by atoms with van der Waals surface area (Å²) < 4.78 is 32.6. The first kappa shape index (κ1) is 23.7. The van der Waals surface area contributed by atoms with Gasteiger partial charge in [-0.1, -0.05) is 17.7 Å². The number of ether oxygens (including phenoxy) is 1. The Morgan fingerprint density at radius 2 is 1.78 bits per heavy atom. The van der Waals surface area contributed by atoms with Gasteiger partial charge in [0.1, 0.15) is 6.04 Å². The number of rotatable bonds is 9. The first-order valence-electron chi connectivity index (χ1n) is 10.6. The van der Waals surface area contributed by atoms with E-state index in [1.807, 2.05) is 6.92 Å². The number of methoxy groups -OCH3 is 1. The third-order valence-corrected chi connectivity index (χ3v) is 6.75. The molecule has 2 aromatic carbocycles. The van der Waals surface area contributed by atoms with Crippen LogP contribution in [0.3, 0.4) is 0 Å². The van der Waals surface area contributed by atoms with Crippen LogP contribution in [-0.4, -0.2) is 58.0 Å². The number of aryl methyl sites for hydroxylation is 1. The van der Waals surface area contributed by atoms with Crippen LogP contribution in [0.2, 0.25) is 0 Å². The van der Waals surface area contributed by atoms with Gasteiger partial charge in [-0.15, -0.1) is 0 Å². The van der Waals surface area contributed by atoms with Crippen molar-refractivity contribution in [2.24, 2.45) is 0 Å². The smallest absolute Gasteiger partial charge is 0.261 e. The van der Waals surface area contributed by atoms with Crippen LogP contribution in [0.15, 0.2) is 53.4 Å². The van der Waals surface area contributed by atoms with E-state index in [9.17, 15) is 18.0 Å². The number of nitrogens with one attached hydrogen (secondary N) is 2. The minimum absolute atomic E-state index is 0.158. The molecular weight excluding hydrogens is 430 g/mol. The average molecular weight is 460 g/mol. The van der Waals surface area contributed by atoms with Crippen molar-refractivity contribution < 1.29 is 22.7 Å². The number of hydrogen-bond donors (Lipinski definition) is 2. The van der Waals surface area contributed by atoms with Crippen molar-refractivity contribution in [1.82, 2.24) is 10.2 Å². The summed E-state index contributed by atoms with van der Waals surface area (Å²) in [6.45, 7) is 3.46. The molecule has 32 heavy (non-hydrogen) atoms. The van der Waals surface area contributed by atoms with Crippen molar-refractivity contribution in [3.63, 3.8) is 0 Å². The predicted molar refractivity (Wildman–Crippen MR) is 122 cm³/mol. The number of likely N-dealkylation sites (tertiary alicyclic amines) is 1. The number of amides is 2. The largest absolute Gasteiger partial charge is 0.385 e. The highest BCUT2D eigenvalue weighted by molar-refractivity contribution is 7.92. The number of anilines is 1. The molecule has 9 heteroatoms. The molecule has 0 aromatic heterocycles. The van der Waals surface area contributed by atoms with E-state index < -0.39 is 16.1 Å². The fourth-order valence-electron chi connectivity index (χ4n) is 3.61. The zero-order chi connectivity index (χ0) is 23.1. The van der Waals surface area contributed by atoms with Crippen LogP contribution in [0.5, 0.6) is 0 Å². The molecule has 3 rings (SSSR count). The van der Waals surface area contributed by atoms with E-state index in [4.69, 9.17) is 4.74 Å². The van der Waals surface area contributed by atoms with Crippen molar-refractivity contribution in [3.8, 4) is 0 Å². The van der Waals surface area contributed by atoms with Gasteiger partial charge in [-0.25, -0.2) is 8.42 Å². The van der Waals surface area contributed by atoms with Crippen LogP contribution >= 0.6 is 0 Å². The number of carbonyl (C=O) groups is 2. The van der Waals surface area contributed by atoms with Crippen molar-refractivity contribution >= 4 is 27.5 Å². The Bertz CT molecular complexity index is 1040. The van der Waals surface area contributed by atoms with E-state index >= 15 is 0 Å². The number of benzene rings is 2. The van der Waals surface area contributed by atoms with Gasteiger partial charge in [-0.2, -0.15) is 0 Å². The standard InChI is InChI=1S/C23H29N3O5S/c1-17-6-12-20(13-7-17)32(29,30)25-19-10-8-18(9-11-19)23(28)26-15-3-5-21(26)22(27)24-14-4-16-31-2/h6-13,21,25H,3-5,14-16H2,1-2H3,(H,24,27)/t21-/m1/s1. The maximum atomic E-state index is 13.0. The van der Waals surface area contributed by atoms with Gasteiger partial charge in [0, 0.05) is 38.1 Å². The van der Waals surface area contributed by atoms with E-state index in [2.05, 4.69) is 10.0 Å². The Morgan fingerprint density at radius 3 is 2.44 bits per heavy atom. The number of nitrogens with zero attached hydrogens (tertiary/aromatic N) is 1. The summed E-state index contributed by atoms with van der Waals surface area (Å²) in [5.41, 5.74) is 1.73. The highest BCUT2D eigenvalue weighted by Gasteiger charge is 2.34. The predicted octanol–water partition coefficient (Wildman–Crippen LogP) is 2.55. The summed E-state index contributed by atoms with van der Waals surface area (Å²) in [5.74, 6) is -0.401. The van der Waals surface area contributed by atoms with Crippen LogP contribution in [0, 0.1) is 6.92 Å². The molecule has 0 spiro atoms. The molecule has 172 valence electrons. The maximum absolute atomic E-state index is 13.0. The second-order valence-electron chi connectivity index (χ2n) is 7.79. The quantitative estimate of drug-likeness (QED) is 0.561. The second-order valence-corrected chi connectivity index (χ2v) is 9.47. The van der Waals surface area contributed by atoms with Crippen LogP contribution in [0.1, 0.15) is 35.2 Å². The van der Waals surface area contributed by atoms with Gasteiger partial charge < -0.3 is 15.0 Å². The van der Waals surface area contributed by atoms with Gasteiger partial charge in [-0.3, -0.25) is 14.3 Å². The van der Waals surface area contributed by atoms with E-state index in [1.54, 1.807) is 60.5 Å². The Kier molecular flexibility index (Phi) is 7.87. The zero-order valence-electron chi connectivity index (χ0n) is 18.3. The second kappa shape index (κ2) is 10.6. The summed E-state index contributed by atoms with van der Waals surface area (Å²) in [6.07, 6.45) is 2.09. The summed E-state index contributed by atoms with van der Waals surface area (Å²) in [7, 11) is -2.11. The first-order chi connectivity index (χ1) is 15.3. The molecule has 1 aliphatic heterocycles. The summed E-state index contributed by atoms with van der Waals surface area (Å²) in [6, 6.07) is 12.3. The Morgan fingerprint density at radius 1 is 1.09 bits per heavy atom. The average Bonchev–Trinajstić information content (AvgIpc) is 3.27. The molecule has 1 atom stereocenters. The number of sulfonamides is 1. The lowest BCUT2D eigenvalue weighted by atomic mass is 10.1. The van der Waals surface area contributed by atoms with Gasteiger partial charge >= 0.3 is 0 Å². The molecule has 0 bridgehead atoms. The number of carbonyl (C=O) groups excluding carboxylic acids is 2. The molecule has 0 aliphatic carbocycles. The molecule has 0 saturated carbocycles. The van der Waals surface area contributed by atoms with Gasteiger partial charge in [0.2, 0.25) is 5.91 Å². The summed E-state index contributed by atoms with van der Waals surface area (Å²) >= 11 is 0. The maximum Gasteiger partial charge on any atom is 0.261 e. The van der Waals surface area contributed by atoms with E-state index in [0.29, 0.717) is 43.8 Å². The SMILES string of the molecule is COCCCNC(=O)[C@H]1CCCN1C(=O)c1ccc(NS(=O)(=O)c2ccc(C)cc2)cc1. The molecular formula is C23H29N3O5S. The van der Waals surface area contributed by atoms with E-state index in [1.165, 1.54) is 0 Å². The molecule has 1 aliphatic rings. The van der Waals surface area contributed by atoms with Crippen molar-refractivity contribution in [2.45, 2.75) is 37.1 Å². The topological polar surface area (TPSA) is 105 Å². The normalized spacial score (nSPS) is 16.1. The monoisotopic (exact) mass is 459 g/mol. The zero-order valence-corrected chi connectivity index (χ0v) is 19.2. The minimum atomic E-state index is -3.72. The lowest BCUT2D eigenvalue weighted by molar-refractivity contribution is -0.124. The fraction of sp³-hybridized carbons (Fsp3) is 0.391. The third-order valence-electron chi connectivity index (χ3n) is 5.36. The Hall–Kier alpha value is -2.91. The molecule has 1 saturated heterocycles. The minimum Gasteiger partial charge on any atom is -0.385 e. The van der Waals surface area contributed by atoms with Crippen LogP contribution in [-0.2, 0) is 19.6 Å². The molecule has 0 unspecified atom stereocenters. The molecule has 0 radical (unpaired) electrons. The van der Waals surface area contributed by atoms with Crippen molar-refractivity contribution in [3.05, 3.63) is 59.7 Å².